The molecular weight excluding hydrogens is 233 g/mol. The minimum atomic E-state index is -0.368. The van der Waals surface area contributed by atoms with E-state index in [9.17, 15) is 9.18 Å². The molecule has 6 heteroatoms. The van der Waals surface area contributed by atoms with E-state index in [1.807, 2.05) is 0 Å². The van der Waals surface area contributed by atoms with E-state index >= 15 is 0 Å². The van der Waals surface area contributed by atoms with Crippen molar-refractivity contribution in [3.05, 3.63) is 46.5 Å². The summed E-state index contributed by atoms with van der Waals surface area (Å²) in [6, 6.07) is 4.27. The molecule has 0 saturated heterocycles. The molecule has 0 radical (unpaired) electrons. The molecule has 0 saturated carbocycles. The molecule has 0 bridgehead atoms. The van der Waals surface area contributed by atoms with E-state index in [1.54, 1.807) is 0 Å². The Labute approximate surface area is 95.6 Å². The van der Waals surface area contributed by atoms with Crippen LogP contribution in [0.2, 0.25) is 5.02 Å². The van der Waals surface area contributed by atoms with Crippen LogP contribution < -0.4 is 0 Å². The second kappa shape index (κ2) is 4.40. The number of aldehydes is 1. The lowest BCUT2D eigenvalue weighted by molar-refractivity contribution is 0.111. The van der Waals surface area contributed by atoms with Gasteiger partial charge in [-0.05, 0) is 18.2 Å². The Morgan fingerprint density at radius 1 is 1.50 bits per heavy atom. The van der Waals surface area contributed by atoms with Gasteiger partial charge in [0, 0.05) is 10.6 Å². The molecule has 1 aromatic heterocycles. The molecule has 0 aliphatic carbocycles. The Kier molecular flexibility index (Phi) is 2.96. The minimum Gasteiger partial charge on any atom is -0.296 e. The summed E-state index contributed by atoms with van der Waals surface area (Å²) in [5.41, 5.74) is 0.609. The topological polar surface area (TPSA) is 47.8 Å². The van der Waals surface area contributed by atoms with Crippen molar-refractivity contribution in [3.8, 4) is 0 Å². The SMILES string of the molecule is O=Cc1cn(Cc2cc(Cl)ccc2F)nn1. The van der Waals surface area contributed by atoms with Crippen molar-refractivity contribution in [2.75, 3.05) is 0 Å². The molecule has 16 heavy (non-hydrogen) atoms. The molecule has 0 aliphatic rings. The first-order valence-electron chi connectivity index (χ1n) is 4.48. The average Bonchev–Trinajstić information content (AvgIpc) is 2.71. The Hall–Kier alpha value is -1.75. The Morgan fingerprint density at radius 2 is 2.31 bits per heavy atom. The number of hydrogen-bond acceptors (Lipinski definition) is 3. The van der Waals surface area contributed by atoms with Crippen LogP contribution in [0.1, 0.15) is 16.1 Å². The highest BCUT2D eigenvalue weighted by molar-refractivity contribution is 6.30. The predicted molar refractivity (Wildman–Crippen MR) is 55.9 cm³/mol. The van der Waals surface area contributed by atoms with Crippen LogP contribution in [0.5, 0.6) is 0 Å². The summed E-state index contributed by atoms with van der Waals surface area (Å²) in [6.07, 6.45) is 2.02. The van der Waals surface area contributed by atoms with Crippen molar-refractivity contribution in [2.24, 2.45) is 0 Å². The number of halogens is 2. The van der Waals surface area contributed by atoms with Crippen LogP contribution in [-0.2, 0) is 6.54 Å². The van der Waals surface area contributed by atoms with Crippen molar-refractivity contribution in [3.63, 3.8) is 0 Å². The third-order valence-corrected chi connectivity index (χ3v) is 2.25. The van der Waals surface area contributed by atoms with Crippen molar-refractivity contribution >= 4 is 17.9 Å². The fraction of sp³-hybridized carbons (Fsp3) is 0.100. The number of rotatable bonds is 3. The molecule has 0 atom stereocenters. The summed E-state index contributed by atoms with van der Waals surface area (Å²) in [5, 5.41) is 7.70. The molecule has 0 spiro atoms. The van der Waals surface area contributed by atoms with E-state index in [0.717, 1.165) is 0 Å². The van der Waals surface area contributed by atoms with Crippen LogP contribution >= 0.6 is 11.6 Å². The summed E-state index contributed by atoms with van der Waals surface area (Å²) < 4.78 is 14.7. The Morgan fingerprint density at radius 3 is 3.00 bits per heavy atom. The zero-order valence-corrected chi connectivity index (χ0v) is 8.86. The summed E-state index contributed by atoms with van der Waals surface area (Å²) in [6.45, 7) is 0.188. The van der Waals surface area contributed by atoms with Gasteiger partial charge in [-0.1, -0.05) is 16.8 Å². The maximum atomic E-state index is 13.4. The van der Waals surface area contributed by atoms with Gasteiger partial charge >= 0.3 is 0 Å². The Bertz CT molecular complexity index is 527. The van der Waals surface area contributed by atoms with E-state index in [2.05, 4.69) is 10.3 Å². The molecule has 2 aromatic rings. The van der Waals surface area contributed by atoms with Gasteiger partial charge in [0.25, 0.3) is 0 Å². The molecule has 0 N–H and O–H groups in total. The zero-order chi connectivity index (χ0) is 11.5. The molecule has 82 valence electrons. The maximum Gasteiger partial charge on any atom is 0.171 e. The van der Waals surface area contributed by atoms with Gasteiger partial charge in [0.2, 0.25) is 0 Å². The number of benzene rings is 1. The minimum absolute atomic E-state index is 0.188. The van der Waals surface area contributed by atoms with Gasteiger partial charge in [0.05, 0.1) is 12.7 Å². The van der Waals surface area contributed by atoms with Gasteiger partial charge < -0.3 is 0 Å². The number of aromatic nitrogens is 3. The van der Waals surface area contributed by atoms with E-state index in [1.165, 1.54) is 29.1 Å². The van der Waals surface area contributed by atoms with E-state index in [4.69, 9.17) is 11.6 Å². The van der Waals surface area contributed by atoms with Gasteiger partial charge in [0.15, 0.2) is 6.29 Å². The van der Waals surface area contributed by atoms with Crippen molar-refractivity contribution < 1.29 is 9.18 Å². The fourth-order valence-corrected chi connectivity index (χ4v) is 1.48. The van der Waals surface area contributed by atoms with Crippen LogP contribution in [0.25, 0.3) is 0 Å². The lowest BCUT2D eigenvalue weighted by Crippen LogP contribution is -2.02. The van der Waals surface area contributed by atoms with Gasteiger partial charge in [-0.15, -0.1) is 5.10 Å². The first kappa shape index (κ1) is 10.8. The standard InChI is InChI=1S/C10H7ClFN3O/c11-8-1-2-10(12)7(3-8)4-15-5-9(6-16)13-14-15/h1-3,5-6H,4H2. The summed E-state index contributed by atoms with van der Waals surface area (Å²) >= 11 is 5.75. The van der Waals surface area contributed by atoms with Crippen molar-refractivity contribution in [1.82, 2.24) is 15.0 Å². The van der Waals surface area contributed by atoms with Gasteiger partial charge in [-0.2, -0.15) is 0 Å². The van der Waals surface area contributed by atoms with E-state index in [0.29, 0.717) is 16.9 Å². The molecule has 2 rings (SSSR count). The smallest absolute Gasteiger partial charge is 0.171 e. The molecule has 1 aromatic carbocycles. The van der Waals surface area contributed by atoms with Crippen LogP contribution in [0.15, 0.2) is 24.4 Å². The Balaban J connectivity index is 2.26. The highest BCUT2D eigenvalue weighted by atomic mass is 35.5. The average molecular weight is 240 g/mol. The molecular formula is C10H7ClFN3O. The van der Waals surface area contributed by atoms with Crippen LogP contribution in [0.4, 0.5) is 4.39 Å². The molecule has 1 heterocycles. The molecule has 0 fully saturated rings. The summed E-state index contributed by atoms with van der Waals surface area (Å²) in [5.74, 6) is -0.368. The first-order chi connectivity index (χ1) is 7.69. The number of carbonyl (C=O) groups excluding carboxylic acids is 1. The highest BCUT2D eigenvalue weighted by Gasteiger charge is 2.05. The molecule has 0 aliphatic heterocycles. The second-order valence-corrected chi connectivity index (χ2v) is 3.63. The molecule has 0 amide bonds. The monoisotopic (exact) mass is 239 g/mol. The fourth-order valence-electron chi connectivity index (χ4n) is 1.28. The van der Waals surface area contributed by atoms with Crippen LogP contribution in [-0.4, -0.2) is 21.3 Å². The van der Waals surface area contributed by atoms with Crippen LogP contribution in [0, 0.1) is 5.82 Å². The van der Waals surface area contributed by atoms with Crippen molar-refractivity contribution in [1.29, 1.82) is 0 Å². The van der Waals surface area contributed by atoms with E-state index < -0.39 is 0 Å². The third kappa shape index (κ3) is 2.25. The lowest BCUT2D eigenvalue weighted by Gasteiger charge is -2.02. The quantitative estimate of drug-likeness (QED) is 0.769. The van der Waals surface area contributed by atoms with Crippen LogP contribution in [0.3, 0.4) is 0 Å². The summed E-state index contributed by atoms with van der Waals surface area (Å²) in [7, 11) is 0. The predicted octanol–water partition coefficient (Wildman–Crippen LogP) is 1.93. The first-order valence-corrected chi connectivity index (χ1v) is 4.86. The number of hydrogen-bond donors (Lipinski definition) is 0. The lowest BCUT2D eigenvalue weighted by atomic mass is 10.2. The summed E-state index contributed by atoms with van der Waals surface area (Å²) in [4.78, 5) is 10.4. The van der Waals surface area contributed by atoms with Gasteiger partial charge in [0.1, 0.15) is 11.5 Å². The maximum absolute atomic E-state index is 13.4. The molecule has 0 unspecified atom stereocenters. The number of carbonyl (C=O) groups is 1. The van der Waals surface area contributed by atoms with Gasteiger partial charge in [-0.3, -0.25) is 4.79 Å². The zero-order valence-electron chi connectivity index (χ0n) is 8.10. The van der Waals surface area contributed by atoms with E-state index in [-0.39, 0.29) is 18.1 Å². The second-order valence-electron chi connectivity index (χ2n) is 3.19. The number of nitrogens with zero attached hydrogens (tertiary/aromatic N) is 3. The third-order valence-electron chi connectivity index (χ3n) is 2.02. The normalized spacial score (nSPS) is 10.4. The largest absolute Gasteiger partial charge is 0.296 e. The highest BCUT2D eigenvalue weighted by Crippen LogP contribution is 2.15. The van der Waals surface area contributed by atoms with Crippen molar-refractivity contribution in [2.45, 2.75) is 6.54 Å². The molecule has 4 nitrogen and oxygen atoms in total. The van der Waals surface area contributed by atoms with Gasteiger partial charge in [-0.25, -0.2) is 9.07 Å².